The van der Waals surface area contributed by atoms with Gasteiger partial charge in [-0.15, -0.1) is 0 Å². The molecule has 0 saturated heterocycles. The number of hydrogen-bond donors (Lipinski definition) is 0. The largest absolute Gasteiger partial charge is 0.457 e. The molecule has 0 unspecified atom stereocenters. The summed E-state index contributed by atoms with van der Waals surface area (Å²) in [7, 11) is 0. The van der Waals surface area contributed by atoms with Gasteiger partial charge >= 0.3 is 0 Å². The molecule has 4 heterocycles. The van der Waals surface area contributed by atoms with Gasteiger partial charge < -0.3 is 9.47 Å². The monoisotopic (exact) mass is 770 g/mol. The molecule has 0 bridgehead atoms. The van der Waals surface area contributed by atoms with Crippen molar-refractivity contribution >= 4 is 43.6 Å². The van der Waals surface area contributed by atoms with E-state index in [9.17, 15) is 0 Å². The highest BCUT2D eigenvalue weighted by Crippen LogP contribution is 2.36. The molecule has 4 aromatic heterocycles. The van der Waals surface area contributed by atoms with Gasteiger partial charge in [0.25, 0.3) is 0 Å². The Hall–Kier alpha value is -8.22. The Labute approximate surface area is 346 Å². The van der Waals surface area contributed by atoms with Gasteiger partial charge in [-0.25, -0.2) is 19.9 Å². The summed E-state index contributed by atoms with van der Waals surface area (Å²) in [4.78, 5) is 20.9. The third kappa shape index (κ3) is 6.82. The third-order valence-corrected chi connectivity index (χ3v) is 10.7. The molecule has 11 rings (SSSR count). The molecule has 0 saturated carbocycles. The summed E-state index contributed by atoms with van der Waals surface area (Å²) in [5.41, 5.74) is 10.6. The van der Waals surface area contributed by atoms with E-state index in [1.54, 1.807) is 0 Å². The fraction of sp³-hybridized carbons (Fsp3) is 0. The van der Waals surface area contributed by atoms with Crippen molar-refractivity contribution in [2.24, 2.45) is 0 Å². The van der Waals surface area contributed by atoms with Crippen molar-refractivity contribution in [2.45, 2.75) is 0 Å². The standard InChI is InChI=1S/C54H34N4O2/c1-4-10-35(11-5-1)47-28-22-37-16-18-39-24-30-49(57-53(39)51(37)55-47)41-32-42(34-46(33-41)60-44-14-8-3-9-15-44)50-31-25-40-19-17-38-23-29-48(56-52(38)54(40)58-50)36-20-26-45(27-21-36)59-43-12-6-2-7-13-43/h1-34H. The average Bonchev–Trinajstić information content (AvgIpc) is 3.32. The Bertz CT molecular complexity index is 3360. The lowest BCUT2D eigenvalue weighted by Gasteiger charge is -2.13. The van der Waals surface area contributed by atoms with Crippen LogP contribution in [0, 0.1) is 0 Å². The Balaban J connectivity index is 1.01. The Morgan fingerprint density at radius 1 is 0.233 bits per heavy atom. The minimum Gasteiger partial charge on any atom is -0.457 e. The van der Waals surface area contributed by atoms with Crippen LogP contribution in [0.25, 0.3) is 88.6 Å². The first-order valence-electron chi connectivity index (χ1n) is 19.9. The second kappa shape index (κ2) is 14.9. The van der Waals surface area contributed by atoms with E-state index in [1.165, 1.54) is 0 Å². The summed E-state index contributed by atoms with van der Waals surface area (Å²) in [5.74, 6) is 2.98. The normalized spacial score (nSPS) is 11.3. The number of ether oxygens (including phenoxy) is 2. The summed E-state index contributed by atoms with van der Waals surface area (Å²) < 4.78 is 12.5. The SMILES string of the molecule is c1ccc(Oc2ccc(-c3ccc4ccc5ccc(-c6cc(Oc7ccccc7)cc(-c7ccc8ccc9ccc(-c%10ccccc%10)nc9c8n7)c6)nc5c4n3)cc2)cc1. The summed E-state index contributed by atoms with van der Waals surface area (Å²) in [6.07, 6.45) is 0. The van der Waals surface area contributed by atoms with E-state index >= 15 is 0 Å². The highest BCUT2D eigenvalue weighted by molar-refractivity contribution is 6.05. The lowest BCUT2D eigenvalue weighted by molar-refractivity contribution is 0.482. The van der Waals surface area contributed by atoms with Gasteiger partial charge in [-0.1, -0.05) is 115 Å². The summed E-state index contributed by atoms with van der Waals surface area (Å²) in [5, 5.41) is 4.07. The van der Waals surface area contributed by atoms with Crippen molar-refractivity contribution in [1.29, 1.82) is 0 Å². The molecule has 11 aromatic rings. The second-order valence-electron chi connectivity index (χ2n) is 14.7. The number of pyridine rings is 4. The highest BCUT2D eigenvalue weighted by atomic mass is 16.5. The summed E-state index contributed by atoms with van der Waals surface area (Å²) >= 11 is 0. The number of nitrogens with zero attached hydrogens (tertiary/aromatic N) is 4. The first-order chi connectivity index (χ1) is 29.7. The number of rotatable bonds is 8. The number of benzene rings is 7. The van der Waals surface area contributed by atoms with Crippen LogP contribution in [-0.4, -0.2) is 19.9 Å². The van der Waals surface area contributed by atoms with Crippen LogP contribution in [0.1, 0.15) is 0 Å². The average molecular weight is 771 g/mol. The van der Waals surface area contributed by atoms with Crippen LogP contribution >= 0.6 is 0 Å². The molecular weight excluding hydrogens is 737 g/mol. The fourth-order valence-electron chi connectivity index (χ4n) is 7.68. The zero-order valence-corrected chi connectivity index (χ0v) is 32.2. The second-order valence-corrected chi connectivity index (χ2v) is 14.7. The van der Waals surface area contributed by atoms with Crippen molar-refractivity contribution in [3.63, 3.8) is 0 Å². The highest BCUT2D eigenvalue weighted by Gasteiger charge is 2.15. The van der Waals surface area contributed by atoms with Crippen LogP contribution in [0.5, 0.6) is 23.0 Å². The fourth-order valence-corrected chi connectivity index (χ4v) is 7.68. The van der Waals surface area contributed by atoms with E-state index in [0.29, 0.717) is 5.75 Å². The summed E-state index contributed by atoms with van der Waals surface area (Å²) in [6.45, 7) is 0. The van der Waals surface area contributed by atoms with Crippen molar-refractivity contribution < 1.29 is 9.47 Å². The summed E-state index contributed by atoms with van der Waals surface area (Å²) in [6, 6.07) is 69.2. The van der Waals surface area contributed by atoms with Gasteiger partial charge in [0, 0.05) is 43.8 Å². The van der Waals surface area contributed by atoms with E-state index in [2.05, 4.69) is 91.0 Å². The van der Waals surface area contributed by atoms with E-state index < -0.39 is 0 Å². The van der Waals surface area contributed by atoms with Gasteiger partial charge in [0.2, 0.25) is 0 Å². The van der Waals surface area contributed by atoms with E-state index in [0.717, 1.165) is 106 Å². The van der Waals surface area contributed by atoms with Crippen LogP contribution in [-0.2, 0) is 0 Å². The maximum Gasteiger partial charge on any atom is 0.128 e. The Kier molecular flexibility index (Phi) is 8.71. The lowest BCUT2D eigenvalue weighted by atomic mass is 10.0. The first-order valence-corrected chi connectivity index (χ1v) is 19.9. The van der Waals surface area contributed by atoms with Crippen molar-refractivity contribution in [3.05, 3.63) is 206 Å². The Morgan fingerprint density at radius 2 is 0.550 bits per heavy atom. The molecule has 0 atom stereocenters. The minimum absolute atomic E-state index is 0.679. The van der Waals surface area contributed by atoms with E-state index in [1.807, 2.05) is 115 Å². The van der Waals surface area contributed by atoms with Gasteiger partial charge in [0.1, 0.15) is 23.0 Å². The molecule has 0 aliphatic carbocycles. The molecule has 282 valence electrons. The van der Waals surface area contributed by atoms with Crippen molar-refractivity contribution in [2.75, 3.05) is 0 Å². The molecule has 60 heavy (non-hydrogen) atoms. The van der Waals surface area contributed by atoms with Crippen LogP contribution < -0.4 is 9.47 Å². The van der Waals surface area contributed by atoms with Gasteiger partial charge in [0.05, 0.1) is 44.8 Å². The van der Waals surface area contributed by atoms with Gasteiger partial charge in [0.15, 0.2) is 0 Å². The van der Waals surface area contributed by atoms with Gasteiger partial charge in [-0.2, -0.15) is 0 Å². The molecule has 0 aliphatic heterocycles. The zero-order chi connectivity index (χ0) is 39.8. The van der Waals surface area contributed by atoms with Gasteiger partial charge in [-0.3, -0.25) is 0 Å². The molecule has 0 N–H and O–H groups in total. The third-order valence-electron chi connectivity index (χ3n) is 10.7. The zero-order valence-electron chi connectivity index (χ0n) is 32.2. The number of para-hydroxylation sites is 2. The maximum absolute atomic E-state index is 6.50. The molecule has 0 aliphatic rings. The van der Waals surface area contributed by atoms with Crippen LogP contribution in [0.3, 0.4) is 0 Å². The molecule has 0 spiro atoms. The van der Waals surface area contributed by atoms with Crippen molar-refractivity contribution in [1.82, 2.24) is 19.9 Å². The quantitative estimate of drug-likeness (QED) is 0.143. The molecule has 0 amide bonds. The first kappa shape index (κ1) is 35.0. The topological polar surface area (TPSA) is 70.0 Å². The molecule has 0 fully saturated rings. The number of fused-ring (bicyclic) bond motifs is 6. The van der Waals surface area contributed by atoms with E-state index in [4.69, 9.17) is 29.4 Å². The maximum atomic E-state index is 6.50. The predicted molar refractivity (Wildman–Crippen MR) is 242 cm³/mol. The Morgan fingerprint density at radius 3 is 0.967 bits per heavy atom. The predicted octanol–water partition coefficient (Wildman–Crippen LogP) is 14.1. The minimum atomic E-state index is 0.679. The number of aromatic nitrogens is 4. The van der Waals surface area contributed by atoms with Crippen molar-refractivity contribution in [3.8, 4) is 68.0 Å². The van der Waals surface area contributed by atoms with Crippen LogP contribution in [0.4, 0.5) is 0 Å². The molecule has 6 heteroatoms. The molecule has 0 radical (unpaired) electrons. The molecule has 7 aromatic carbocycles. The smallest absolute Gasteiger partial charge is 0.128 e. The van der Waals surface area contributed by atoms with Gasteiger partial charge in [-0.05, 0) is 91.0 Å². The molecular formula is C54H34N4O2. The van der Waals surface area contributed by atoms with E-state index in [-0.39, 0.29) is 0 Å². The van der Waals surface area contributed by atoms with Crippen LogP contribution in [0.15, 0.2) is 206 Å². The molecule has 6 nitrogen and oxygen atoms in total. The van der Waals surface area contributed by atoms with Crippen LogP contribution in [0.2, 0.25) is 0 Å². The number of hydrogen-bond acceptors (Lipinski definition) is 6. The lowest BCUT2D eigenvalue weighted by Crippen LogP contribution is -1.94.